The molecule has 1 unspecified atom stereocenters. The van der Waals surface area contributed by atoms with Crippen LogP contribution in [0.25, 0.3) is 0 Å². The third-order valence-electron chi connectivity index (χ3n) is 3.75. The highest BCUT2D eigenvalue weighted by molar-refractivity contribution is 6.28. The Balaban J connectivity index is 2.24. The molecule has 0 aliphatic carbocycles. The molecule has 0 saturated heterocycles. The van der Waals surface area contributed by atoms with Crippen molar-refractivity contribution in [3.63, 3.8) is 0 Å². The second-order valence-corrected chi connectivity index (χ2v) is 6.57. The first-order chi connectivity index (χ1) is 12.8. The van der Waals surface area contributed by atoms with Gasteiger partial charge in [-0.25, -0.2) is 9.97 Å². The quantitative estimate of drug-likeness (QED) is 0.704. The van der Waals surface area contributed by atoms with Crippen LogP contribution in [0, 0.1) is 5.92 Å². The maximum Gasteiger partial charge on any atom is 0.255 e. The number of benzene rings is 1. The molecule has 1 atom stereocenters. The first kappa shape index (κ1) is 20.6. The predicted molar refractivity (Wildman–Crippen MR) is 104 cm³/mol. The van der Waals surface area contributed by atoms with Gasteiger partial charge in [0.05, 0.1) is 23.9 Å². The summed E-state index contributed by atoms with van der Waals surface area (Å²) in [6, 6.07) is 6.26. The molecule has 0 aliphatic rings. The van der Waals surface area contributed by atoms with Gasteiger partial charge in [-0.1, -0.05) is 13.8 Å². The second-order valence-electron chi connectivity index (χ2n) is 6.23. The van der Waals surface area contributed by atoms with Crippen LogP contribution in [0.4, 0.5) is 5.69 Å². The van der Waals surface area contributed by atoms with Gasteiger partial charge in [0, 0.05) is 17.8 Å². The lowest BCUT2D eigenvalue weighted by Gasteiger charge is -2.17. The lowest BCUT2D eigenvalue weighted by Crippen LogP contribution is -2.28. The van der Waals surface area contributed by atoms with Crippen molar-refractivity contribution in [1.29, 1.82) is 0 Å². The highest BCUT2D eigenvalue weighted by Crippen LogP contribution is 2.24. The molecule has 1 heterocycles. The van der Waals surface area contributed by atoms with E-state index >= 15 is 0 Å². The van der Waals surface area contributed by atoms with Crippen molar-refractivity contribution in [3.05, 3.63) is 47.0 Å². The van der Waals surface area contributed by atoms with Gasteiger partial charge in [0.25, 0.3) is 5.91 Å². The molecule has 7 nitrogen and oxygen atoms in total. The zero-order valence-electron chi connectivity index (χ0n) is 15.7. The molecule has 0 saturated carbocycles. The lowest BCUT2D eigenvalue weighted by atomic mass is 10.1. The Hall–Kier alpha value is -2.67. The van der Waals surface area contributed by atoms with Crippen LogP contribution in [0.2, 0.25) is 5.28 Å². The number of carbonyl (C=O) groups excluding carboxylic acids is 2. The van der Waals surface area contributed by atoms with E-state index in [4.69, 9.17) is 16.3 Å². The van der Waals surface area contributed by atoms with E-state index in [9.17, 15) is 9.59 Å². The number of amides is 2. The van der Waals surface area contributed by atoms with Crippen molar-refractivity contribution in [2.24, 2.45) is 5.92 Å². The first-order valence-corrected chi connectivity index (χ1v) is 9.06. The van der Waals surface area contributed by atoms with Crippen molar-refractivity contribution < 1.29 is 14.3 Å². The van der Waals surface area contributed by atoms with Crippen LogP contribution < -0.4 is 15.4 Å². The molecule has 0 fully saturated rings. The molecule has 0 spiro atoms. The Morgan fingerprint density at radius 3 is 2.59 bits per heavy atom. The SMILES string of the molecule is CCOc1ccc(NC(=O)C(C)C)cc1C(=O)NC(C)c1ccnc(Cl)n1. The van der Waals surface area contributed by atoms with Gasteiger partial charge in [-0.05, 0) is 49.7 Å². The van der Waals surface area contributed by atoms with Crippen LogP contribution in [0.5, 0.6) is 5.75 Å². The summed E-state index contributed by atoms with van der Waals surface area (Å²) < 4.78 is 5.55. The first-order valence-electron chi connectivity index (χ1n) is 8.68. The summed E-state index contributed by atoms with van der Waals surface area (Å²) in [6.07, 6.45) is 1.53. The standard InChI is InChI=1S/C19H23ClN4O3/c1-5-27-16-7-6-13(23-17(25)11(2)3)10-14(16)18(26)22-12(4)15-8-9-21-19(20)24-15/h6-12H,5H2,1-4H3,(H,22,26)(H,23,25). The minimum atomic E-state index is -0.388. The molecule has 0 radical (unpaired) electrons. The van der Waals surface area contributed by atoms with Gasteiger partial charge >= 0.3 is 0 Å². The van der Waals surface area contributed by atoms with E-state index in [1.54, 1.807) is 45.0 Å². The summed E-state index contributed by atoms with van der Waals surface area (Å²) in [5.74, 6) is -0.210. The Bertz CT molecular complexity index is 826. The fraction of sp³-hybridized carbons (Fsp3) is 0.368. The maximum absolute atomic E-state index is 12.8. The number of nitrogens with zero attached hydrogens (tertiary/aromatic N) is 2. The Morgan fingerprint density at radius 2 is 1.96 bits per heavy atom. The molecule has 1 aromatic heterocycles. The van der Waals surface area contributed by atoms with Gasteiger partial charge < -0.3 is 15.4 Å². The maximum atomic E-state index is 12.8. The topological polar surface area (TPSA) is 93.2 Å². The van der Waals surface area contributed by atoms with E-state index < -0.39 is 0 Å². The van der Waals surface area contributed by atoms with Crippen molar-refractivity contribution in [3.8, 4) is 5.75 Å². The molecule has 2 rings (SSSR count). The van der Waals surface area contributed by atoms with Crippen molar-refractivity contribution in [2.75, 3.05) is 11.9 Å². The zero-order chi connectivity index (χ0) is 20.0. The van der Waals surface area contributed by atoms with E-state index in [0.717, 1.165) is 0 Å². The molecule has 27 heavy (non-hydrogen) atoms. The number of nitrogens with one attached hydrogen (secondary N) is 2. The number of rotatable bonds is 7. The number of aromatic nitrogens is 2. The van der Waals surface area contributed by atoms with Crippen LogP contribution in [0.15, 0.2) is 30.5 Å². The zero-order valence-corrected chi connectivity index (χ0v) is 16.5. The largest absolute Gasteiger partial charge is 0.493 e. The smallest absolute Gasteiger partial charge is 0.255 e. The van der Waals surface area contributed by atoms with E-state index in [2.05, 4.69) is 20.6 Å². The van der Waals surface area contributed by atoms with Gasteiger partial charge in [0.15, 0.2) is 0 Å². The van der Waals surface area contributed by atoms with E-state index in [-0.39, 0.29) is 29.1 Å². The van der Waals surface area contributed by atoms with Crippen molar-refractivity contribution in [2.45, 2.75) is 33.7 Å². The number of carbonyl (C=O) groups is 2. The normalized spacial score (nSPS) is 11.8. The number of ether oxygens (including phenoxy) is 1. The van der Waals surface area contributed by atoms with Gasteiger partial charge in [-0.2, -0.15) is 0 Å². The second kappa shape index (κ2) is 9.32. The van der Waals surface area contributed by atoms with Gasteiger partial charge in [-0.3, -0.25) is 9.59 Å². The fourth-order valence-corrected chi connectivity index (χ4v) is 2.44. The average molecular weight is 391 g/mol. The van der Waals surface area contributed by atoms with E-state index in [1.165, 1.54) is 6.20 Å². The van der Waals surface area contributed by atoms with Gasteiger partial charge in [0.2, 0.25) is 11.2 Å². The minimum absolute atomic E-state index is 0.113. The van der Waals surface area contributed by atoms with Gasteiger partial charge in [0.1, 0.15) is 5.75 Å². The molecular weight excluding hydrogens is 368 g/mol. The summed E-state index contributed by atoms with van der Waals surface area (Å²) in [7, 11) is 0. The van der Waals surface area contributed by atoms with Crippen LogP contribution in [-0.4, -0.2) is 28.4 Å². The highest BCUT2D eigenvalue weighted by atomic mass is 35.5. The van der Waals surface area contributed by atoms with Crippen LogP contribution >= 0.6 is 11.6 Å². The molecule has 0 bridgehead atoms. The molecule has 2 aromatic rings. The molecule has 2 N–H and O–H groups in total. The van der Waals surface area contributed by atoms with Gasteiger partial charge in [-0.15, -0.1) is 0 Å². The molecule has 2 amide bonds. The Morgan fingerprint density at radius 1 is 1.22 bits per heavy atom. The molecule has 8 heteroatoms. The summed E-state index contributed by atoms with van der Waals surface area (Å²) >= 11 is 5.81. The monoisotopic (exact) mass is 390 g/mol. The third kappa shape index (κ3) is 5.65. The summed E-state index contributed by atoms with van der Waals surface area (Å²) in [5.41, 5.74) is 1.44. The Kier molecular flexibility index (Phi) is 7.12. The number of anilines is 1. The van der Waals surface area contributed by atoms with Crippen molar-refractivity contribution in [1.82, 2.24) is 15.3 Å². The van der Waals surface area contributed by atoms with E-state index in [0.29, 0.717) is 29.3 Å². The molecular formula is C19H23ClN4O3. The lowest BCUT2D eigenvalue weighted by molar-refractivity contribution is -0.118. The minimum Gasteiger partial charge on any atom is -0.493 e. The molecule has 0 aliphatic heterocycles. The molecule has 144 valence electrons. The highest BCUT2D eigenvalue weighted by Gasteiger charge is 2.18. The van der Waals surface area contributed by atoms with E-state index in [1.807, 2.05) is 6.92 Å². The van der Waals surface area contributed by atoms with Crippen molar-refractivity contribution >= 4 is 29.1 Å². The number of hydrogen-bond acceptors (Lipinski definition) is 5. The van der Waals surface area contributed by atoms with Crippen LogP contribution in [0.1, 0.15) is 49.8 Å². The predicted octanol–water partition coefficient (Wildman–Crippen LogP) is 3.61. The van der Waals surface area contributed by atoms with Crippen LogP contribution in [0.3, 0.4) is 0 Å². The fourth-order valence-electron chi connectivity index (χ4n) is 2.29. The number of halogens is 1. The Labute approximate surface area is 163 Å². The molecule has 1 aromatic carbocycles. The average Bonchev–Trinajstić information content (AvgIpc) is 2.62. The summed E-state index contributed by atoms with van der Waals surface area (Å²) in [4.78, 5) is 32.7. The number of hydrogen-bond donors (Lipinski definition) is 2. The summed E-state index contributed by atoms with van der Waals surface area (Å²) in [6.45, 7) is 7.64. The van der Waals surface area contributed by atoms with Crippen LogP contribution in [-0.2, 0) is 4.79 Å². The third-order valence-corrected chi connectivity index (χ3v) is 3.94. The summed E-state index contributed by atoms with van der Waals surface area (Å²) in [5, 5.41) is 5.76.